The van der Waals surface area contributed by atoms with Gasteiger partial charge in [-0.15, -0.1) is 0 Å². The van der Waals surface area contributed by atoms with E-state index in [2.05, 4.69) is 6.58 Å². The molecule has 0 heterocycles. The highest BCUT2D eigenvalue weighted by Crippen LogP contribution is 2.04. The molecule has 0 atom stereocenters. The van der Waals surface area contributed by atoms with E-state index in [9.17, 15) is 4.79 Å². The number of carboxylic acid groups (broad SMARTS) is 1. The lowest BCUT2D eigenvalue weighted by atomic mass is 10.1. The highest BCUT2D eigenvalue weighted by Gasteiger charge is 1.98. The summed E-state index contributed by atoms with van der Waals surface area (Å²) in [5, 5.41) is 8.50. The summed E-state index contributed by atoms with van der Waals surface area (Å²) in [6.07, 6.45) is 3.46. The number of hydrogen-bond acceptors (Lipinski definition) is 1. The molecule has 66 valence electrons. The molecular formula is C10H14O2. The highest BCUT2D eigenvalue weighted by molar-refractivity contribution is 5.89. The van der Waals surface area contributed by atoms with E-state index >= 15 is 0 Å². The maximum atomic E-state index is 10.4. The minimum absolute atomic E-state index is 0.116. The van der Waals surface area contributed by atoms with Crippen LogP contribution in [0.5, 0.6) is 0 Å². The van der Waals surface area contributed by atoms with E-state index in [1.807, 2.05) is 26.8 Å². The van der Waals surface area contributed by atoms with E-state index in [4.69, 9.17) is 5.11 Å². The van der Waals surface area contributed by atoms with E-state index in [-0.39, 0.29) is 5.57 Å². The quantitative estimate of drug-likeness (QED) is 0.516. The average molecular weight is 166 g/mol. The first-order valence-electron chi connectivity index (χ1n) is 3.69. The van der Waals surface area contributed by atoms with Crippen molar-refractivity contribution in [2.45, 2.75) is 20.8 Å². The second kappa shape index (κ2) is 4.54. The zero-order valence-electron chi connectivity index (χ0n) is 7.72. The van der Waals surface area contributed by atoms with Crippen LogP contribution in [0.2, 0.25) is 0 Å². The fraction of sp³-hybridized carbons (Fsp3) is 0.300. The van der Waals surface area contributed by atoms with Gasteiger partial charge in [0.1, 0.15) is 0 Å². The number of carboxylic acids is 1. The molecule has 0 unspecified atom stereocenters. The number of aliphatic carboxylic acids is 1. The van der Waals surface area contributed by atoms with Crippen molar-refractivity contribution in [2.24, 2.45) is 0 Å². The van der Waals surface area contributed by atoms with Gasteiger partial charge in [0.15, 0.2) is 0 Å². The second-order valence-corrected chi connectivity index (χ2v) is 2.94. The van der Waals surface area contributed by atoms with Crippen LogP contribution in [0, 0.1) is 0 Å². The summed E-state index contributed by atoms with van der Waals surface area (Å²) < 4.78 is 0. The minimum atomic E-state index is -0.975. The van der Waals surface area contributed by atoms with E-state index < -0.39 is 5.97 Å². The third kappa shape index (κ3) is 4.50. The van der Waals surface area contributed by atoms with Crippen LogP contribution in [0.15, 0.2) is 35.5 Å². The first-order valence-corrected chi connectivity index (χ1v) is 3.69. The largest absolute Gasteiger partial charge is 0.478 e. The Morgan fingerprint density at radius 1 is 1.25 bits per heavy atom. The Kier molecular flexibility index (Phi) is 4.05. The van der Waals surface area contributed by atoms with Crippen molar-refractivity contribution in [3.63, 3.8) is 0 Å². The van der Waals surface area contributed by atoms with Crippen LogP contribution in [0.25, 0.3) is 0 Å². The summed E-state index contributed by atoms with van der Waals surface area (Å²) in [4.78, 5) is 10.4. The molecule has 0 aromatic carbocycles. The average Bonchev–Trinajstić information content (AvgIpc) is 1.84. The van der Waals surface area contributed by atoms with Crippen LogP contribution >= 0.6 is 0 Å². The molecule has 0 radical (unpaired) electrons. The summed E-state index contributed by atoms with van der Waals surface area (Å²) in [6, 6.07) is 0. The Bertz CT molecular complexity index is 253. The predicted octanol–water partition coefficient (Wildman–Crippen LogP) is 2.54. The SMILES string of the molecule is C=C(/C=C(/C)C=C(C)C)C(=O)O. The van der Waals surface area contributed by atoms with Crippen LogP contribution in [-0.2, 0) is 4.79 Å². The van der Waals surface area contributed by atoms with Crippen LogP contribution in [0.1, 0.15) is 20.8 Å². The Hall–Kier alpha value is -1.31. The molecule has 0 aliphatic carbocycles. The zero-order chi connectivity index (χ0) is 9.72. The standard InChI is InChI=1S/C10H14O2/c1-7(2)5-8(3)6-9(4)10(11)12/h5-6H,4H2,1-3H3,(H,11,12)/b8-6-. The maximum absolute atomic E-state index is 10.4. The van der Waals surface area contributed by atoms with Crippen LogP contribution in [0.4, 0.5) is 0 Å². The number of hydrogen-bond donors (Lipinski definition) is 1. The Morgan fingerprint density at radius 3 is 2.08 bits per heavy atom. The van der Waals surface area contributed by atoms with Gasteiger partial charge in [-0.05, 0) is 26.8 Å². The second-order valence-electron chi connectivity index (χ2n) is 2.94. The third-order valence-corrected chi connectivity index (χ3v) is 1.19. The van der Waals surface area contributed by atoms with E-state index in [1.165, 1.54) is 0 Å². The van der Waals surface area contributed by atoms with Gasteiger partial charge >= 0.3 is 5.97 Å². The highest BCUT2D eigenvalue weighted by atomic mass is 16.4. The molecule has 0 aromatic heterocycles. The molecule has 2 heteroatoms. The first kappa shape index (κ1) is 10.7. The van der Waals surface area contributed by atoms with Crippen LogP contribution < -0.4 is 0 Å². The van der Waals surface area contributed by atoms with E-state index in [0.717, 1.165) is 11.1 Å². The van der Waals surface area contributed by atoms with Crippen LogP contribution in [0.3, 0.4) is 0 Å². The lowest BCUT2D eigenvalue weighted by molar-refractivity contribution is -0.132. The van der Waals surface area contributed by atoms with Gasteiger partial charge in [0, 0.05) is 0 Å². The molecule has 12 heavy (non-hydrogen) atoms. The van der Waals surface area contributed by atoms with Gasteiger partial charge in [0.25, 0.3) is 0 Å². The summed E-state index contributed by atoms with van der Waals surface area (Å²) in [6.45, 7) is 9.16. The van der Waals surface area contributed by atoms with Gasteiger partial charge in [0.2, 0.25) is 0 Å². The molecule has 0 aliphatic heterocycles. The van der Waals surface area contributed by atoms with Gasteiger partial charge < -0.3 is 5.11 Å². The Balaban J connectivity index is 4.48. The molecule has 0 aromatic rings. The van der Waals surface area contributed by atoms with E-state index in [1.54, 1.807) is 6.08 Å². The fourth-order valence-corrected chi connectivity index (χ4v) is 0.834. The molecule has 0 saturated carbocycles. The van der Waals surface area contributed by atoms with Crippen molar-refractivity contribution >= 4 is 5.97 Å². The molecule has 0 aliphatic rings. The third-order valence-electron chi connectivity index (χ3n) is 1.19. The maximum Gasteiger partial charge on any atom is 0.335 e. The topological polar surface area (TPSA) is 37.3 Å². The molecule has 0 fully saturated rings. The molecule has 0 spiro atoms. The van der Waals surface area contributed by atoms with Crippen molar-refractivity contribution in [3.05, 3.63) is 35.5 Å². The normalized spacial score (nSPS) is 10.8. The molecule has 2 nitrogen and oxygen atoms in total. The smallest absolute Gasteiger partial charge is 0.335 e. The summed E-state index contributed by atoms with van der Waals surface area (Å²) in [5.41, 5.74) is 2.16. The van der Waals surface area contributed by atoms with Crippen molar-refractivity contribution in [2.75, 3.05) is 0 Å². The lowest BCUT2D eigenvalue weighted by Gasteiger charge is -1.94. The van der Waals surface area contributed by atoms with Gasteiger partial charge in [0.05, 0.1) is 5.57 Å². The molecule has 0 amide bonds. The summed E-state index contributed by atoms with van der Waals surface area (Å²) in [5.74, 6) is -0.975. The molecule has 1 N–H and O–H groups in total. The van der Waals surface area contributed by atoms with Crippen molar-refractivity contribution < 1.29 is 9.90 Å². The van der Waals surface area contributed by atoms with Gasteiger partial charge in [-0.1, -0.05) is 23.8 Å². The molecule has 0 saturated heterocycles. The van der Waals surface area contributed by atoms with Crippen molar-refractivity contribution in [1.29, 1.82) is 0 Å². The number of rotatable bonds is 3. The lowest BCUT2D eigenvalue weighted by Crippen LogP contribution is -1.95. The summed E-state index contributed by atoms with van der Waals surface area (Å²) >= 11 is 0. The number of allylic oxidation sites excluding steroid dienone is 3. The monoisotopic (exact) mass is 166 g/mol. The molecular weight excluding hydrogens is 152 g/mol. The van der Waals surface area contributed by atoms with E-state index in [0.29, 0.717) is 0 Å². The Labute approximate surface area is 72.9 Å². The van der Waals surface area contributed by atoms with Gasteiger partial charge in [-0.2, -0.15) is 0 Å². The Morgan fingerprint density at radius 2 is 1.75 bits per heavy atom. The van der Waals surface area contributed by atoms with Crippen molar-refractivity contribution in [3.8, 4) is 0 Å². The molecule has 0 bridgehead atoms. The fourth-order valence-electron chi connectivity index (χ4n) is 0.834. The van der Waals surface area contributed by atoms with Gasteiger partial charge in [-0.25, -0.2) is 4.79 Å². The minimum Gasteiger partial charge on any atom is -0.478 e. The number of carbonyl (C=O) groups is 1. The van der Waals surface area contributed by atoms with Gasteiger partial charge in [-0.3, -0.25) is 0 Å². The first-order chi connectivity index (χ1) is 5.43. The van der Waals surface area contributed by atoms with Crippen LogP contribution in [-0.4, -0.2) is 11.1 Å². The zero-order valence-corrected chi connectivity index (χ0v) is 7.72. The van der Waals surface area contributed by atoms with Crippen molar-refractivity contribution in [1.82, 2.24) is 0 Å². The summed E-state index contributed by atoms with van der Waals surface area (Å²) in [7, 11) is 0. The molecule has 0 rings (SSSR count). The predicted molar refractivity (Wildman–Crippen MR) is 50.0 cm³/mol.